The predicted octanol–water partition coefficient (Wildman–Crippen LogP) is 10.2. The van der Waals surface area contributed by atoms with Crippen molar-refractivity contribution in [3.8, 4) is 23.0 Å². The molecule has 12 nitrogen and oxygen atoms in total. The number of carbonyl (C=O) groups is 2. The number of nitrogens with zero attached hydrogens (tertiary/aromatic N) is 4. The van der Waals surface area contributed by atoms with Gasteiger partial charge in [0.2, 0.25) is 11.8 Å². The Morgan fingerprint density at radius 2 is 0.808 bits per heavy atom. The standard InChI is InChI=1S/C36H34Br4N4O8/c37-33(38)35(45)41(23-25-5-13-29(14-6-25)51-31-17-9-27(10-18-31)43(47)48)21-3-1-2-4-22-42(36(46)34(39)40)24-26-7-15-30(16-8-26)52-32-19-11-28(12-20-32)44(49)50/h5-20,33-34H,1-4,21-24H2. The summed E-state index contributed by atoms with van der Waals surface area (Å²) in [6.07, 6.45) is 3.29. The van der Waals surface area contributed by atoms with E-state index in [1.54, 1.807) is 34.1 Å². The van der Waals surface area contributed by atoms with E-state index < -0.39 is 17.3 Å². The van der Waals surface area contributed by atoms with Gasteiger partial charge in [0, 0.05) is 50.4 Å². The highest BCUT2D eigenvalue weighted by atomic mass is 79.9. The second-order valence-electron chi connectivity index (χ2n) is 11.5. The molecule has 4 aromatic rings. The molecule has 0 N–H and O–H groups in total. The van der Waals surface area contributed by atoms with Crippen LogP contribution in [0.25, 0.3) is 0 Å². The first-order valence-electron chi connectivity index (χ1n) is 16.1. The Labute approximate surface area is 334 Å². The molecule has 0 atom stereocenters. The number of hydrogen-bond acceptors (Lipinski definition) is 8. The molecule has 52 heavy (non-hydrogen) atoms. The molecule has 0 aromatic heterocycles. The summed E-state index contributed by atoms with van der Waals surface area (Å²) >= 11 is 13.3. The largest absolute Gasteiger partial charge is 0.457 e. The first-order valence-corrected chi connectivity index (χ1v) is 19.7. The fourth-order valence-corrected chi connectivity index (χ4v) is 6.24. The normalized spacial score (nSPS) is 11.0. The highest BCUT2D eigenvalue weighted by Crippen LogP contribution is 2.27. The molecule has 274 valence electrons. The molecule has 4 aromatic carbocycles. The van der Waals surface area contributed by atoms with E-state index in [0.717, 1.165) is 36.8 Å². The van der Waals surface area contributed by atoms with Crippen molar-refractivity contribution in [1.29, 1.82) is 0 Å². The van der Waals surface area contributed by atoms with Crippen LogP contribution in [0.15, 0.2) is 97.1 Å². The van der Waals surface area contributed by atoms with Crippen LogP contribution in [0.5, 0.6) is 23.0 Å². The molecule has 2 amide bonds. The number of unbranched alkanes of at least 4 members (excludes halogenated alkanes) is 3. The average molecular weight is 970 g/mol. The van der Waals surface area contributed by atoms with Crippen LogP contribution in [0.3, 0.4) is 0 Å². The molecule has 0 bridgehead atoms. The van der Waals surface area contributed by atoms with Crippen molar-refractivity contribution in [1.82, 2.24) is 9.80 Å². The van der Waals surface area contributed by atoms with E-state index in [2.05, 4.69) is 63.7 Å². The van der Waals surface area contributed by atoms with E-state index in [1.807, 2.05) is 24.3 Å². The van der Waals surface area contributed by atoms with E-state index in [1.165, 1.54) is 48.5 Å². The first kappa shape index (κ1) is 40.9. The molecular formula is C36H34Br4N4O8. The van der Waals surface area contributed by atoms with Crippen molar-refractivity contribution in [2.45, 2.75) is 46.2 Å². The van der Waals surface area contributed by atoms with Gasteiger partial charge >= 0.3 is 0 Å². The van der Waals surface area contributed by atoms with E-state index in [0.29, 0.717) is 49.2 Å². The maximum atomic E-state index is 13.0. The highest BCUT2D eigenvalue weighted by molar-refractivity contribution is 9.25. The van der Waals surface area contributed by atoms with Crippen LogP contribution < -0.4 is 9.47 Å². The monoisotopic (exact) mass is 966 g/mol. The number of alkyl halides is 4. The molecule has 0 aliphatic rings. The number of nitro benzene ring substituents is 2. The zero-order chi connectivity index (χ0) is 37.6. The molecule has 0 spiro atoms. The van der Waals surface area contributed by atoms with Gasteiger partial charge in [-0.1, -0.05) is 101 Å². The quantitative estimate of drug-likeness (QED) is 0.0391. The lowest BCUT2D eigenvalue weighted by atomic mass is 10.1. The molecule has 0 heterocycles. The minimum absolute atomic E-state index is 0.0149. The van der Waals surface area contributed by atoms with Crippen molar-refractivity contribution in [2.24, 2.45) is 0 Å². The summed E-state index contributed by atoms with van der Waals surface area (Å²) in [7, 11) is 0. The maximum absolute atomic E-state index is 13.0. The molecule has 0 saturated heterocycles. The van der Waals surface area contributed by atoms with Gasteiger partial charge in [0.25, 0.3) is 11.4 Å². The number of halogens is 4. The molecule has 0 radical (unpaired) electrons. The lowest BCUT2D eigenvalue weighted by Crippen LogP contribution is -2.35. The Kier molecular flexibility index (Phi) is 16.0. The Bertz CT molecular complexity index is 1660. The number of hydrogen-bond donors (Lipinski definition) is 0. The summed E-state index contributed by atoms with van der Waals surface area (Å²) in [5.74, 6) is 1.91. The van der Waals surface area contributed by atoms with Crippen LogP contribution in [0.2, 0.25) is 0 Å². The van der Waals surface area contributed by atoms with Crippen molar-refractivity contribution in [2.75, 3.05) is 13.1 Å². The van der Waals surface area contributed by atoms with Gasteiger partial charge in [-0.05, 0) is 72.5 Å². The fourth-order valence-electron chi connectivity index (χ4n) is 5.08. The van der Waals surface area contributed by atoms with Crippen molar-refractivity contribution in [3.05, 3.63) is 128 Å². The highest BCUT2D eigenvalue weighted by Gasteiger charge is 2.21. The van der Waals surface area contributed by atoms with Gasteiger partial charge in [-0.25, -0.2) is 0 Å². The van der Waals surface area contributed by atoms with Gasteiger partial charge in [0.1, 0.15) is 30.5 Å². The van der Waals surface area contributed by atoms with Crippen LogP contribution in [0, 0.1) is 20.2 Å². The molecule has 0 unspecified atom stereocenters. The average Bonchev–Trinajstić information content (AvgIpc) is 3.13. The third kappa shape index (κ3) is 13.0. The molecular weight excluding hydrogens is 936 g/mol. The van der Waals surface area contributed by atoms with Gasteiger partial charge in [-0.2, -0.15) is 0 Å². The Balaban J connectivity index is 1.24. The summed E-state index contributed by atoms with van der Waals surface area (Å²) in [5.41, 5.74) is 1.81. The molecule has 0 aliphatic carbocycles. The van der Waals surface area contributed by atoms with Gasteiger partial charge in [-0.3, -0.25) is 29.8 Å². The minimum atomic E-state index is -0.520. The SMILES string of the molecule is O=C(C(Br)Br)N(CCCCCCN(Cc1ccc(Oc2ccc([N+](=O)[O-])cc2)cc1)C(=O)C(Br)Br)Cc1ccc(Oc2ccc([N+](=O)[O-])cc2)cc1. The topological polar surface area (TPSA) is 145 Å². The van der Waals surface area contributed by atoms with Crippen LogP contribution in [0.1, 0.15) is 36.8 Å². The van der Waals surface area contributed by atoms with Crippen LogP contribution >= 0.6 is 63.7 Å². The van der Waals surface area contributed by atoms with Gasteiger partial charge in [0.05, 0.1) is 9.85 Å². The van der Waals surface area contributed by atoms with Crippen molar-refractivity contribution >= 4 is 86.9 Å². The molecule has 16 heteroatoms. The molecule has 0 aliphatic heterocycles. The number of carbonyl (C=O) groups excluding carboxylic acids is 2. The van der Waals surface area contributed by atoms with Gasteiger partial charge < -0.3 is 19.3 Å². The number of amides is 2. The van der Waals surface area contributed by atoms with Gasteiger partial charge in [0.15, 0.2) is 0 Å². The van der Waals surface area contributed by atoms with E-state index >= 15 is 0 Å². The summed E-state index contributed by atoms with van der Waals surface area (Å²) < 4.78 is 10.6. The van der Waals surface area contributed by atoms with E-state index in [-0.39, 0.29) is 23.2 Å². The first-order chi connectivity index (χ1) is 24.9. The van der Waals surface area contributed by atoms with E-state index in [9.17, 15) is 29.8 Å². The number of non-ortho nitro benzene ring substituents is 2. The van der Waals surface area contributed by atoms with Crippen LogP contribution in [-0.2, 0) is 22.7 Å². The number of nitro groups is 2. The van der Waals surface area contributed by atoms with Crippen LogP contribution in [0.4, 0.5) is 11.4 Å². The van der Waals surface area contributed by atoms with Crippen LogP contribution in [-0.4, -0.2) is 52.0 Å². The lowest BCUT2D eigenvalue weighted by Gasteiger charge is -2.25. The minimum Gasteiger partial charge on any atom is -0.457 e. The zero-order valence-corrected chi connectivity index (χ0v) is 34.0. The number of benzene rings is 4. The number of rotatable bonds is 19. The Morgan fingerprint density at radius 3 is 1.08 bits per heavy atom. The van der Waals surface area contributed by atoms with Crippen molar-refractivity contribution in [3.63, 3.8) is 0 Å². The number of ether oxygens (including phenoxy) is 2. The third-order valence-corrected chi connectivity index (χ3v) is 9.33. The summed E-state index contributed by atoms with van der Waals surface area (Å²) in [6.45, 7) is 1.91. The summed E-state index contributed by atoms with van der Waals surface area (Å²) in [6, 6.07) is 26.4. The lowest BCUT2D eigenvalue weighted by molar-refractivity contribution is -0.385. The van der Waals surface area contributed by atoms with Gasteiger partial charge in [-0.15, -0.1) is 0 Å². The Morgan fingerprint density at radius 1 is 0.519 bits per heavy atom. The second kappa shape index (κ2) is 20.4. The van der Waals surface area contributed by atoms with E-state index in [4.69, 9.17) is 9.47 Å². The molecule has 0 saturated carbocycles. The Hall–Kier alpha value is -3.86. The van der Waals surface area contributed by atoms with Crippen molar-refractivity contribution < 1.29 is 28.9 Å². The third-order valence-electron chi connectivity index (χ3n) is 7.76. The zero-order valence-electron chi connectivity index (χ0n) is 27.6. The summed E-state index contributed by atoms with van der Waals surface area (Å²) in [5, 5.41) is 21.8. The predicted molar refractivity (Wildman–Crippen MR) is 212 cm³/mol. The smallest absolute Gasteiger partial charge is 0.269 e. The fraction of sp³-hybridized carbons (Fsp3) is 0.278. The summed E-state index contributed by atoms with van der Waals surface area (Å²) in [4.78, 5) is 50.4. The maximum Gasteiger partial charge on any atom is 0.269 e. The molecule has 0 fully saturated rings. The second-order valence-corrected chi connectivity index (χ2v) is 17.6. The molecule has 4 rings (SSSR count).